The second-order valence-corrected chi connectivity index (χ2v) is 5.82. The van der Waals surface area contributed by atoms with Crippen molar-refractivity contribution in [3.63, 3.8) is 0 Å². The van der Waals surface area contributed by atoms with E-state index >= 15 is 0 Å². The van der Waals surface area contributed by atoms with Crippen molar-refractivity contribution in [1.82, 2.24) is 10.2 Å². The van der Waals surface area contributed by atoms with Crippen molar-refractivity contribution in [2.24, 2.45) is 5.41 Å². The number of nitrogens with zero attached hydrogens (tertiary/aromatic N) is 1. The van der Waals surface area contributed by atoms with Crippen LogP contribution in [0.4, 0.5) is 0 Å². The van der Waals surface area contributed by atoms with Crippen LogP contribution in [0.5, 0.6) is 0 Å². The lowest BCUT2D eigenvalue weighted by Crippen LogP contribution is -2.44. The summed E-state index contributed by atoms with van der Waals surface area (Å²) < 4.78 is 0. The van der Waals surface area contributed by atoms with Crippen LogP contribution in [0.2, 0.25) is 0 Å². The van der Waals surface area contributed by atoms with Gasteiger partial charge in [-0.1, -0.05) is 13.8 Å². The normalized spacial score (nSPS) is 26.8. The lowest BCUT2D eigenvalue weighted by Gasteiger charge is -2.34. The largest absolute Gasteiger partial charge is 0.314 e. The summed E-state index contributed by atoms with van der Waals surface area (Å²) in [4.78, 5) is 2.68. The summed E-state index contributed by atoms with van der Waals surface area (Å²) in [5, 5.41) is 3.64. The molecule has 0 spiro atoms. The van der Waals surface area contributed by atoms with E-state index < -0.39 is 0 Å². The molecule has 0 amide bonds. The van der Waals surface area contributed by atoms with E-state index in [1.165, 1.54) is 58.3 Å². The molecular formula is C13H26N2. The van der Waals surface area contributed by atoms with E-state index in [-0.39, 0.29) is 0 Å². The van der Waals surface area contributed by atoms with Crippen LogP contribution in [-0.2, 0) is 0 Å². The second kappa shape index (κ2) is 4.84. The van der Waals surface area contributed by atoms with Gasteiger partial charge in [0.2, 0.25) is 0 Å². The summed E-state index contributed by atoms with van der Waals surface area (Å²) in [7, 11) is 0. The van der Waals surface area contributed by atoms with Crippen LogP contribution >= 0.6 is 0 Å². The van der Waals surface area contributed by atoms with Crippen LogP contribution in [-0.4, -0.2) is 37.1 Å². The summed E-state index contributed by atoms with van der Waals surface area (Å²) in [5.41, 5.74) is 0.698. The molecule has 0 unspecified atom stereocenters. The zero-order valence-electron chi connectivity index (χ0n) is 10.4. The number of likely N-dealkylation sites (tertiary alicyclic amines) is 1. The Bertz CT molecular complexity index is 191. The van der Waals surface area contributed by atoms with E-state index in [0.29, 0.717) is 5.41 Å². The fourth-order valence-corrected chi connectivity index (χ4v) is 2.55. The minimum absolute atomic E-state index is 0.698. The van der Waals surface area contributed by atoms with E-state index in [4.69, 9.17) is 0 Å². The van der Waals surface area contributed by atoms with Gasteiger partial charge >= 0.3 is 0 Å². The van der Waals surface area contributed by atoms with Crippen LogP contribution in [0.15, 0.2) is 0 Å². The third kappa shape index (κ3) is 3.46. The molecule has 0 radical (unpaired) electrons. The Morgan fingerprint density at radius 2 is 1.93 bits per heavy atom. The first-order chi connectivity index (χ1) is 7.22. The third-order valence-corrected chi connectivity index (χ3v) is 3.98. The molecule has 1 N–H and O–H groups in total. The van der Waals surface area contributed by atoms with Gasteiger partial charge in [-0.15, -0.1) is 0 Å². The Morgan fingerprint density at radius 3 is 2.47 bits per heavy atom. The summed E-state index contributed by atoms with van der Waals surface area (Å²) in [5.74, 6) is 0. The molecule has 0 aromatic heterocycles. The molecule has 2 nitrogen and oxygen atoms in total. The monoisotopic (exact) mass is 210 g/mol. The van der Waals surface area contributed by atoms with Gasteiger partial charge in [0.05, 0.1) is 0 Å². The van der Waals surface area contributed by atoms with Gasteiger partial charge in [0.25, 0.3) is 0 Å². The zero-order chi connectivity index (χ0) is 10.7. The molecule has 1 aliphatic heterocycles. The third-order valence-electron chi connectivity index (χ3n) is 3.98. The van der Waals surface area contributed by atoms with Crippen molar-refractivity contribution in [2.75, 3.05) is 26.2 Å². The van der Waals surface area contributed by atoms with Gasteiger partial charge in [-0.2, -0.15) is 0 Å². The molecule has 2 aliphatic rings. The van der Waals surface area contributed by atoms with Gasteiger partial charge in [0, 0.05) is 12.6 Å². The molecule has 2 heteroatoms. The number of nitrogens with one attached hydrogen (secondary N) is 1. The average molecular weight is 210 g/mol. The summed E-state index contributed by atoms with van der Waals surface area (Å²) >= 11 is 0. The van der Waals surface area contributed by atoms with Crippen molar-refractivity contribution in [2.45, 2.75) is 52.0 Å². The minimum atomic E-state index is 0.698. The highest BCUT2D eigenvalue weighted by Crippen LogP contribution is 2.45. The molecule has 2 rings (SSSR count). The Kier molecular flexibility index (Phi) is 3.68. The number of piperidine rings is 1. The van der Waals surface area contributed by atoms with E-state index in [1.54, 1.807) is 0 Å². The fourth-order valence-electron chi connectivity index (χ4n) is 2.55. The van der Waals surface area contributed by atoms with Crippen LogP contribution < -0.4 is 5.32 Å². The lowest BCUT2D eigenvalue weighted by atomic mass is 10.0. The molecule has 0 aromatic carbocycles. The maximum atomic E-state index is 3.64. The highest BCUT2D eigenvalue weighted by atomic mass is 15.2. The zero-order valence-corrected chi connectivity index (χ0v) is 10.4. The topological polar surface area (TPSA) is 15.3 Å². The lowest BCUT2D eigenvalue weighted by molar-refractivity contribution is 0.170. The maximum Gasteiger partial charge on any atom is 0.00914 e. The molecule has 1 aliphatic carbocycles. The first-order valence-electron chi connectivity index (χ1n) is 6.68. The first kappa shape index (κ1) is 11.4. The molecule has 1 saturated carbocycles. The van der Waals surface area contributed by atoms with Gasteiger partial charge in [0.15, 0.2) is 0 Å². The number of hydrogen-bond donors (Lipinski definition) is 1. The fraction of sp³-hybridized carbons (Fsp3) is 1.00. The van der Waals surface area contributed by atoms with Gasteiger partial charge in [-0.25, -0.2) is 0 Å². The maximum absolute atomic E-state index is 3.64. The number of hydrogen-bond acceptors (Lipinski definition) is 2. The van der Waals surface area contributed by atoms with Crippen LogP contribution in [0.25, 0.3) is 0 Å². The predicted molar refractivity (Wildman–Crippen MR) is 65.1 cm³/mol. The summed E-state index contributed by atoms with van der Waals surface area (Å²) in [6.45, 7) is 9.87. The van der Waals surface area contributed by atoms with Crippen molar-refractivity contribution in [3.8, 4) is 0 Å². The molecule has 2 fully saturated rings. The molecule has 88 valence electrons. The van der Waals surface area contributed by atoms with Crippen LogP contribution in [0.1, 0.15) is 46.0 Å². The Hall–Kier alpha value is -0.0800. The SMILES string of the molecule is CCCNC1CCN(CC2(C)CC2)CC1. The quantitative estimate of drug-likeness (QED) is 0.749. The Balaban J connectivity index is 1.63. The Morgan fingerprint density at radius 1 is 1.27 bits per heavy atom. The van der Waals surface area contributed by atoms with E-state index in [0.717, 1.165) is 6.04 Å². The van der Waals surface area contributed by atoms with E-state index in [2.05, 4.69) is 24.1 Å². The van der Waals surface area contributed by atoms with E-state index in [1.807, 2.05) is 0 Å². The second-order valence-electron chi connectivity index (χ2n) is 5.82. The van der Waals surface area contributed by atoms with Crippen molar-refractivity contribution < 1.29 is 0 Å². The van der Waals surface area contributed by atoms with Crippen LogP contribution in [0.3, 0.4) is 0 Å². The average Bonchev–Trinajstić information content (AvgIpc) is 2.95. The highest BCUT2D eigenvalue weighted by molar-refractivity contribution is 4.92. The van der Waals surface area contributed by atoms with Gasteiger partial charge in [0.1, 0.15) is 0 Å². The summed E-state index contributed by atoms with van der Waals surface area (Å²) in [6, 6.07) is 0.799. The number of rotatable bonds is 5. The molecular weight excluding hydrogens is 184 g/mol. The molecule has 0 aromatic rings. The van der Waals surface area contributed by atoms with Crippen molar-refractivity contribution in [1.29, 1.82) is 0 Å². The standard InChI is InChI=1S/C13H26N2/c1-3-8-14-12-4-9-15(10-5-12)11-13(2)6-7-13/h12,14H,3-11H2,1-2H3. The van der Waals surface area contributed by atoms with Crippen molar-refractivity contribution in [3.05, 3.63) is 0 Å². The summed E-state index contributed by atoms with van der Waals surface area (Å²) in [6.07, 6.45) is 6.90. The molecule has 0 atom stereocenters. The van der Waals surface area contributed by atoms with E-state index in [9.17, 15) is 0 Å². The van der Waals surface area contributed by atoms with Crippen molar-refractivity contribution >= 4 is 0 Å². The molecule has 15 heavy (non-hydrogen) atoms. The predicted octanol–water partition coefficient (Wildman–Crippen LogP) is 2.25. The van der Waals surface area contributed by atoms with Gasteiger partial charge < -0.3 is 10.2 Å². The molecule has 1 saturated heterocycles. The molecule has 1 heterocycles. The van der Waals surface area contributed by atoms with Gasteiger partial charge in [-0.05, 0) is 57.2 Å². The molecule has 0 bridgehead atoms. The van der Waals surface area contributed by atoms with Crippen LogP contribution in [0, 0.1) is 5.41 Å². The minimum Gasteiger partial charge on any atom is -0.314 e. The Labute approximate surface area is 94.4 Å². The van der Waals surface area contributed by atoms with Gasteiger partial charge in [-0.3, -0.25) is 0 Å². The highest BCUT2D eigenvalue weighted by Gasteiger charge is 2.39. The first-order valence-corrected chi connectivity index (χ1v) is 6.68. The smallest absolute Gasteiger partial charge is 0.00914 e.